The Kier molecular flexibility index (Phi) is 4.05. The smallest absolute Gasteiger partial charge is 0.247 e. The first-order valence-corrected chi connectivity index (χ1v) is 6.12. The van der Waals surface area contributed by atoms with Crippen LogP contribution in [0.4, 0.5) is 0 Å². The lowest BCUT2D eigenvalue weighted by Crippen LogP contribution is -2.37. The Labute approximate surface area is 116 Å². The fourth-order valence-corrected chi connectivity index (χ4v) is 1.78. The van der Waals surface area contributed by atoms with Crippen LogP contribution in [-0.4, -0.2) is 11.8 Å². The molecule has 1 aromatic rings. The van der Waals surface area contributed by atoms with Crippen molar-refractivity contribution in [3.05, 3.63) is 54.8 Å². The van der Waals surface area contributed by atoms with Crippen molar-refractivity contribution in [1.82, 2.24) is 21.7 Å². The van der Waals surface area contributed by atoms with E-state index in [2.05, 4.69) is 34.9 Å². The first kappa shape index (κ1) is 13.7. The molecular weight excluding hydrogens is 256 g/mol. The van der Waals surface area contributed by atoms with Crippen LogP contribution in [0.2, 0.25) is 0 Å². The van der Waals surface area contributed by atoms with Gasteiger partial charge in [0.25, 0.3) is 0 Å². The molecule has 1 saturated heterocycles. The maximum absolute atomic E-state index is 11.8. The molecule has 2 rings (SSSR count). The summed E-state index contributed by atoms with van der Waals surface area (Å²) in [4.78, 5) is 23.2. The van der Waals surface area contributed by atoms with Gasteiger partial charge in [0.15, 0.2) is 0 Å². The van der Waals surface area contributed by atoms with E-state index in [0.717, 1.165) is 5.56 Å². The van der Waals surface area contributed by atoms with Crippen molar-refractivity contribution in [3.63, 3.8) is 0 Å². The van der Waals surface area contributed by atoms with E-state index in [1.165, 1.54) is 0 Å². The van der Waals surface area contributed by atoms with Gasteiger partial charge >= 0.3 is 0 Å². The fourth-order valence-electron chi connectivity index (χ4n) is 1.78. The molecule has 6 heteroatoms. The fraction of sp³-hybridized carbons (Fsp3) is 0.143. The van der Waals surface area contributed by atoms with E-state index >= 15 is 0 Å². The van der Waals surface area contributed by atoms with Crippen LogP contribution in [-0.2, 0) is 9.59 Å². The van der Waals surface area contributed by atoms with Crippen LogP contribution in [0, 0.1) is 5.92 Å². The Balaban J connectivity index is 1.82. The molecule has 1 atom stereocenters. The van der Waals surface area contributed by atoms with E-state index in [0.29, 0.717) is 11.4 Å². The molecule has 1 fully saturated rings. The summed E-state index contributed by atoms with van der Waals surface area (Å²) >= 11 is 0. The molecule has 0 aromatic heterocycles. The van der Waals surface area contributed by atoms with Gasteiger partial charge in [0, 0.05) is 12.1 Å². The highest BCUT2D eigenvalue weighted by molar-refractivity contribution is 5.89. The summed E-state index contributed by atoms with van der Waals surface area (Å²) in [5.41, 5.74) is 12.2. The number of hydrazine groups is 2. The van der Waals surface area contributed by atoms with Gasteiger partial charge in [-0.1, -0.05) is 43.5 Å². The van der Waals surface area contributed by atoms with Crippen LogP contribution >= 0.6 is 0 Å². The Morgan fingerprint density at radius 3 is 2.50 bits per heavy atom. The molecule has 2 amide bonds. The zero-order valence-corrected chi connectivity index (χ0v) is 10.9. The zero-order chi connectivity index (χ0) is 14.5. The lowest BCUT2D eigenvalue weighted by atomic mass is 10.0. The molecular formula is C14H16N4O2. The highest BCUT2D eigenvalue weighted by Crippen LogP contribution is 2.15. The van der Waals surface area contributed by atoms with Gasteiger partial charge in [-0.15, -0.1) is 0 Å². The number of hydrogen-bond donors (Lipinski definition) is 4. The monoisotopic (exact) mass is 272 g/mol. The highest BCUT2D eigenvalue weighted by atomic mass is 16.2. The minimum atomic E-state index is -0.554. The molecule has 1 aliphatic heterocycles. The second-order valence-corrected chi connectivity index (χ2v) is 4.41. The first-order chi connectivity index (χ1) is 9.58. The predicted octanol–water partition coefficient (Wildman–Crippen LogP) is 0.433. The maximum Gasteiger partial charge on any atom is 0.247 e. The lowest BCUT2D eigenvalue weighted by Gasteiger charge is -2.12. The van der Waals surface area contributed by atoms with E-state index in [-0.39, 0.29) is 18.2 Å². The summed E-state index contributed by atoms with van der Waals surface area (Å²) in [6, 6.07) is 9.40. The molecule has 0 saturated carbocycles. The van der Waals surface area contributed by atoms with Crippen molar-refractivity contribution in [1.29, 1.82) is 0 Å². The van der Waals surface area contributed by atoms with Crippen LogP contribution in [0.15, 0.2) is 49.2 Å². The molecule has 6 nitrogen and oxygen atoms in total. The molecule has 1 aliphatic rings. The van der Waals surface area contributed by atoms with Gasteiger partial charge in [0.05, 0.1) is 11.6 Å². The molecule has 1 aromatic carbocycles. The zero-order valence-electron chi connectivity index (χ0n) is 10.9. The Morgan fingerprint density at radius 2 is 1.90 bits per heavy atom. The third kappa shape index (κ3) is 3.17. The summed E-state index contributed by atoms with van der Waals surface area (Å²) in [5.74, 6) is -1.12. The molecule has 20 heavy (non-hydrogen) atoms. The molecule has 104 valence electrons. The number of amides is 2. The number of carbonyl (C=O) groups is 2. The SMILES string of the molecule is C=C(NNC(=O)CC1C(=C)NNC1=O)c1ccccc1. The van der Waals surface area contributed by atoms with Crippen molar-refractivity contribution < 1.29 is 9.59 Å². The molecule has 4 N–H and O–H groups in total. The van der Waals surface area contributed by atoms with E-state index in [9.17, 15) is 9.59 Å². The number of rotatable bonds is 5. The Hall–Kier alpha value is -2.76. The quantitative estimate of drug-likeness (QED) is 0.586. The van der Waals surface area contributed by atoms with Crippen LogP contribution < -0.4 is 21.7 Å². The van der Waals surface area contributed by atoms with E-state index in [4.69, 9.17) is 0 Å². The second kappa shape index (κ2) is 5.92. The van der Waals surface area contributed by atoms with Gasteiger partial charge in [0.1, 0.15) is 0 Å². The summed E-state index contributed by atoms with van der Waals surface area (Å²) in [6.07, 6.45) is 0.0206. The maximum atomic E-state index is 11.8. The predicted molar refractivity (Wildman–Crippen MR) is 75.3 cm³/mol. The number of hydrogen-bond acceptors (Lipinski definition) is 4. The summed E-state index contributed by atoms with van der Waals surface area (Å²) in [5, 5.41) is 0. The van der Waals surface area contributed by atoms with Gasteiger partial charge in [-0.3, -0.25) is 25.9 Å². The summed E-state index contributed by atoms with van der Waals surface area (Å²) in [7, 11) is 0. The molecule has 0 aliphatic carbocycles. The van der Waals surface area contributed by atoms with Crippen LogP contribution in [0.25, 0.3) is 5.70 Å². The van der Waals surface area contributed by atoms with Gasteiger partial charge < -0.3 is 5.43 Å². The van der Waals surface area contributed by atoms with Crippen molar-refractivity contribution in [2.45, 2.75) is 6.42 Å². The van der Waals surface area contributed by atoms with Crippen molar-refractivity contribution in [3.8, 4) is 0 Å². The molecule has 1 heterocycles. The lowest BCUT2D eigenvalue weighted by molar-refractivity contribution is -0.128. The second-order valence-electron chi connectivity index (χ2n) is 4.41. The van der Waals surface area contributed by atoms with E-state index in [1.54, 1.807) is 0 Å². The van der Waals surface area contributed by atoms with E-state index in [1.807, 2.05) is 30.3 Å². The largest absolute Gasteiger partial charge is 0.302 e. The van der Waals surface area contributed by atoms with Crippen molar-refractivity contribution in [2.24, 2.45) is 5.92 Å². The van der Waals surface area contributed by atoms with Crippen molar-refractivity contribution in [2.75, 3.05) is 0 Å². The van der Waals surface area contributed by atoms with Crippen LogP contribution in [0.3, 0.4) is 0 Å². The third-order valence-corrected chi connectivity index (χ3v) is 2.95. The van der Waals surface area contributed by atoms with Crippen LogP contribution in [0.1, 0.15) is 12.0 Å². The minimum Gasteiger partial charge on any atom is -0.302 e. The number of nitrogens with one attached hydrogen (secondary N) is 4. The average Bonchev–Trinajstić information content (AvgIpc) is 2.77. The standard InChI is InChI=1S/C14H16N4O2/c1-9(11-6-4-3-5-7-11)15-17-13(19)8-12-10(2)16-18-14(12)20/h3-7,12,15-16H,1-2,8H2,(H,17,19)(H,18,20). The molecule has 1 unspecified atom stereocenters. The molecule has 0 bridgehead atoms. The van der Waals surface area contributed by atoms with Crippen molar-refractivity contribution >= 4 is 17.5 Å². The van der Waals surface area contributed by atoms with Gasteiger partial charge in [-0.25, -0.2) is 0 Å². The minimum absolute atomic E-state index is 0.0206. The number of benzene rings is 1. The van der Waals surface area contributed by atoms with Gasteiger partial charge in [0.2, 0.25) is 11.8 Å². The summed E-state index contributed by atoms with van der Waals surface area (Å²) < 4.78 is 0. The number of carbonyl (C=O) groups excluding carboxylic acids is 2. The molecule has 0 radical (unpaired) electrons. The van der Waals surface area contributed by atoms with Crippen LogP contribution in [0.5, 0.6) is 0 Å². The highest BCUT2D eigenvalue weighted by Gasteiger charge is 2.30. The topological polar surface area (TPSA) is 82.3 Å². The normalized spacial score (nSPS) is 17.1. The first-order valence-electron chi connectivity index (χ1n) is 6.12. The average molecular weight is 272 g/mol. The van der Waals surface area contributed by atoms with E-state index < -0.39 is 5.92 Å². The third-order valence-electron chi connectivity index (χ3n) is 2.95. The Bertz CT molecular complexity index is 538. The van der Waals surface area contributed by atoms with Gasteiger partial charge in [-0.2, -0.15) is 0 Å². The Morgan fingerprint density at radius 1 is 1.20 bits per heavy atom. The summed E-state index contributed by atoms with van der Waals surface area (Å²) in [6.45, 7) is 7.49. The van der Waals surface area contributed by atoms with Gasteiger partial charge in [-0.05, 0) is 5.56 Å². The molecule has 0 spiro atoms.